The molecule has 1 fully saturated rings. The van der Waals surface area contributed by atoms with Gasteiger partial charge < -0.3 is 10.3 Å². The number of aromatic nitrogens is 2. The molecule has 9 heteroatoms. The lowest BCUT2D eigenvalue weighted by Gasteiger charge is -2.31. The molecule has 0 aliphatic carbocycles. The third-order valence-electron chi connectivity index (χ3n) is 3.65. The first-order valence-electron chi connectivity index (χ1n) is 6.81. The van der Waals surface area contributed by atoms with Crippen molar-refractivity contribution >= 4 is 27.2 Å². The molecule has 0 unspecified atom stereocenters. The van der Waals surface area contributed by atoms with E-state index in [2.05, 4.69) is 14.6 Å². The van der Waals surface area contributed by atoms with Gasteiger partial charge in [0.2, 0.25) is 0 Å². The van der Waals surface area contributed by atoms with Gasteiger partial charge in [0.15, 0.2) is 5.03 Å². The van der Waals surface area contributed by atoms with Crippen molar-refractivity contribution < 1.29 is 8.42 Å². The number of rotatable bonds is 5. The molecule has 1 aliphatic rings. The Bertz CT molecular complexity index is 598. The van der Waals surface area contributed by atoms with E-state index in [-0.39, 0.29) is 11.1 Å². The van der Waals surface area contributed by atoms with Crippen molar-refractivity contribution in [2.75, 3.05) is 19.6 Å². The number of aryl methyl sites for hydroxylation is 2. The monoisotopic (exact) mass is 331 g/mol. The molecule has 0 amide bonds. The first-order chi connectivity index (χ1) is 9.78. The largest absolute Gasteiger partial charge is 0.392 e. The highest BCUT2D eigenvalue weighted by molar-refractivity contribution is 7.89. The van der Waals surface area contributed by atoms with Crippen LogP contribution in [0.2, 0.25) is 0 Å². The minimum atomic E-state index is -3.55. The zero-order valence-electron chi connectivity index (χ0n) is 12.2. The number of hydrogen-bond acceptors (Lipinski definition) is 5. The van der Waals surface area contributed by atoms with Gasteiger partial charge >= 0.3 is 0 Å². The van der Waals surface area contributed by atoms with Crippen molar-refractivity contribution in [3.05, 3.63) is 12.0 Å². The lowest BCUT2D eigenvalue weighted by atomic mass is 10.1. The molecule has 1 saturated heterocycles. The number of nitrogens with one attached hydrogen (secondary N) is 1. The minimum absolute atomic E-state index is 0.0695. The van der Waals surface area contributed by atoms with Crippen molar-refractivity contribution in [2.45, 2.75) is 30.8 Å². The normalized spacial score (nSPS) is 18.0. The zero-order valence-corrected chi connectivity index (χ0v) is 13.9. The van der Waals surface area contributed by atoms with Crippen molar-refractivity contribution in [3.63, 3.8) is 0 Å². The lowest BCUT2D eigenvalue weighted by molar-refractivity contribution is 0.232. The van der Waals surface area contributed by atoms with E-state index in [9.17, 15) is 8.42 Å². The van der Waals surface area contributed by atoms with Gasteiger partial charge in [0.1, 0.15) is 5.82 Å². The Labute approximate surface area is 130 Å². The SMILES string of the molecule is Cc1nc(S(=O)(=O)NC2CCN(CC(N)=S)CC2)cn1C. The highest BCUT2D eigenvalue weighted by Gasteiger charge is 2.26. The fraction of sp³-hybridized carbons (Fsp3) is 0.667. The third-order valence-corrected chi connectivity index (χ3v) is 5.17. The topological polar surface area (TPSA) is 93.2 Å². The number of imidazole rings is 1. The molecule has 21 heavy (non-hydrogen) atoms. The van der Waals surface area contributed by atoms with Crippen LogP contribution in [0.1, 0.15) is 18.7 Å². The van der Waals surface area contributed by atoms with Crippen molar-refractivity contribution in [1.82, 2.24) is 19.2 Å². The van der Waals surface area contributed by atoms with Gasteiger partial charge in [-0.2, -0.15) is 0 Å². The predicted molar refractivity (Wildman–Crippen MR) is 84.5 cm³/mol. The Morgan fingerprint density at radius 3 is 2.62 bits per heavy atom. The number of likely N-dealkylation sites (tertiary alicyclic amines) is 1. The fourth-order valence-corrected chi connectivity index (χ4v) is 3.89. The van der Waals surface area contributed by atoms with Gasteiger partial charge in [-0.05, 0) is 19.8 Å². The standard InChI is InChI=1S/C12H21N5O2S2/c1-9-14-12(8-16(9)2)21(18,19)15-10-3-5-17(6-4-10)7-11(13)20/h8,10,15H,3-7H2,1-2H3,(H2,13,20). The Morgan fingerprint density at radius 1 is 1.52 bits per heavy atom. The van der Waals surface area contributed by atoms with Crippen LogP contribution in [0.3, 0.4) is 0 Å². The van der Waals surface area contributed by atoms with Crippen LogP contribution in [0.25, 0.3) is 0 Å². The van der Waals surface area contributed by atoms with Crippen molar-refractivity contribution in [2.24, 2.45) is 12.8 Å². The molecule has 1 aromatic rings. The Balaban J connectivity index is 1.95. The summed E-state index contributed by atoms with van der Waals surface area (Å²) in [5.41, 5.74) is 5.52. The first kappa shape index (κ1) is 16.3. The van der Waals surface area contributed by atoms with E-state index >= 15 is 0 Å². The summed E-state index contributed by atoms with van der Waals surface area (Å²) in [4.78, 5) is 6.68. The molecule has 1 aromatic heterocycles. The van der Waals surface area contributed by atoms with E-state index in [1.165, 1.54) is 6.20 Å². The van der Waals surface area contributed by atoms with Crippen LogP contribution in [0.5, 0.6) is 0 Å². The molecule has 0 aromatic carbocycles. The van der Waals surface area contributed by atoms with Gasteiger partial charge in [-0.1, -0.05) is 12.2 Å². The minimum Gasteiger partial charge on any atom is -0.392 e. The number of piperidine rings is 1. The second kappa shape index (κ2) is 6.39. The molecule has 7 nitrogen and oxygen atoms in total. The summed E-state index contributed by atoms with van der Waals surface area (Å²) >= 11 is 4.89. The molecule has 1 aliphatic heterocycles. The van der Waals surface area contributed by atoms with Gasteiger partial charge in [-0.15, -0.1) is 0 Å². The molecule has 0 radical (unpaired) electrons. The van der Waals surface area contributed by atoms with E-state index < -0.39 is 10.0 Å². The number of thiocarbonyl (C=S) groups is 1. The number of sulfonamides is 1. The average molecular weight is 331 g/mol. The van der Waals surface area contributed by atoms with Gasteiger partial charge in [0.05, 0.1) is 4.99 Å². The van der Waals surface area contributed by atoms with Crippen LogP contribution in [-0.4, -0.2) is 53.5 Å². The molecule has 0 bridgehead atoms. The Hall–Kier alpha value is -1.03. The van der Waals surface area contributed by atoms with E-state index in [1.54, 1.807) is 18.5 Å². The highest BCUT2D eigenvalue weighted by Crippen LogP contribution is 2.14. The number of nitrogens with zero attached hydrogens (tertiary/aromatic N) is 3. The summed E-state index contributed by atoms with van der Waals surface area (Å²) in [6.45, 7) is 3.93. The second-order valence-corrected chi connectivity index (χ2v) is 7.56. The molecule has 2 heterocycles. The van der Waals surface area contributed by atoms with E-state index in [0.717, 1.165) is 25.9 Å². The maximum atomic E-state index is 12.3. The summed E-state index contributed by atoms with van der Waals surface area (Å²) in [6, 6.07) is -0.0695. The molecule has 0 spiro atoms. The maximum absolute atomic E-state index is 12.3. The molecular formula is C12H21N5O2S2. The predicted octanol–water partition coefficient (Wildman–Crippen LogP) is -0.243. The van der Waals surface area contributed by atoms with Crippen molar-refractivity contribution in [3.8, 4) is 0 Å². The van der Waals surface area contributed by atoms with E-state index in [1.807, 2.05) is 0 Å². The van der Waals surface area contributed by atoms with Crippen LogP contribution in [0.4, 0.5) is 0 Å². The average Bonchev–Trinajstić information content (AvgIpc) is 2.72. The zero-order chi connectivity index (χ0) is 15.6. The fourth-order valence-electron chi connectivity index (χ4n) is 2.36. The highest BCUT2D eigenvalue weighted by atomic mass is 32.2. The smallest absolute Gasteiger partial charge is 0.259 e. The lowest BCUT2D eigenvalue weighted by Crippen LogP contribution is -2.46. The Kier molecular flexibility index (Phi) is 4.97. The number of nitrogens with two attached hydrogens (primary N) is 1. The molecule has 118 valence electrons. The van der Waals surface area contributed by atoms with Gasteiger partial charge in [0.25, 0.3) is 10.0 Å². The van der Waals surface area contributed by atoms with Crippen LogP contribution < -0.4 is 10.5 Å². The molecule has 0 atom stereocenters. The van der Waals surface area contributed by atoms with Crippen LogP contribution in [0, 0.1) is 6.92 Å². The Morgan fingerprint density at radius 2 is 2.14 bits per heavy atom. The molecule has 0 saturated carbocycles. The second-order valence-electron chi connectivity index (χ2n) is 5.38. The summed E-state index contributed by atoms with van der Waals surface area (Å²) in [6.07, 6.45) is 3.01. The quantitative estimate of drug-likeness (QED) is 0.723. The third kappa shape index (κ3) is 4.22. The summed E-state index contributed by atoms with van der Waals surface area (Å²) in [5, 5.41) is 0.0769. The van der Waals surface area contributed by atoms with E-state index in [4.69, 9.17) is 18.0 Å². The first-order valence-corrected chi connectivity index (χ1v) is 8.70. The van der Waals surface area contributed by atoms with Crippen LogP contribution >= 0.6 is 12.2 Å². The summed E-state index contributed by atoms with van der Waals surface area (Å²) in [7, 11) is -1.78. The van der Waals surface area contributed by atoms with Crippen LogP contribution in [0.15, 0.2) is 11.2 Å². The van der Waals surface area contributed by atoms with Crippen molar-refractivity contribution in [1.29, 1.82) is 0 Å². The van der Waals surface area contributed by atoms with Crippen LogP contribution in [-0.2, 0) is 17.1 Å². The molecule has 2 rings (SSSR count). The maximum Gasteiger partial charge on any atom is 0.259 e. The van der Waals surface area contributed by atoms with Gasteiger partial charge in [-0.3, -0.25) is 4.90 Å². The van der Waals surface area contributed by atoms with E-state index in [0.29, 0.717) is 17.4 Å². The summed E-state index contributed by atoms with van der Waals surface area (Å²) < 4.78 is 29.0. The van der Waals surface area contributed by atoms with Gasteiger partial charge in [-0.25, -0.2) is 18.1 Å². The van der Waals surface area contributed by atoms with Gasteiger partial charge in [0, 0.05) is 38.9 Å². The molecule has 3 N–H and O–H groups in total. The summed E-state index contributed by atoms with van der Waals surface area (Å²) in [5.74, 6) is 0.668. The molecular weight excluding hydrogens is 310 g/mol. The number of hydrogen-bond donors (Lipinski definition) is 2.